The SMILES string of the molecule is O=C1C=C(OC(=O)C(=O)OC2=CC(=O)OC2)CO1. The summed E-state index contributed by atoms with van der Waals surface area (Å²) in [5, 5.41) is 0. The van der Waals surface area contributed by atoms with Crippen LogP contribution in [0.5, 0.6) is 0 Å². The Balaban J connectivity index is 1.87. The highest BCUT2D eigenvalue weighted by atomic mass is 16.6. The maximum atomic E-state index is 11.2. The zero-order chi connectivity index (χ0) is 13.1. The smallest absolute Gasteiger partial charge is 0.423 e. The molecule has 8 nitrogen and oxygen atoms in total. The molecule has 2 aliphatic rings. The van der Waals surface area contributed by atoms with Crippen molar-refractivity contribution in [2.75, 3.05) is 13.2 Å². The van der Waals surface area contributed by atoms with Gasteiger partial charge in [0.15, 0.2) is 11.5 Å². The molecule has 0 amide bonds. The molecular weight excluding hydrogens is 248 g/mol. The van der Waals surface area contributed by atoms with Crippen LogP contribution in [0.2, 0.25) is 0 Å². The van der Waals surface area contributed by atoms with E-state index >= 15 is 0 Å². The summed E-state index contributed by atoms with van der Waals surface area (Å²) in [6.45, 7) is -0.440. The summed E-state index contributed by atoms with van der Waals surface area (Å²) in [5.74, 6) is -4.14. The Kier molecular flexibility index (Phi) is 3.09. The molecule has 0 fully saturated rings. The largest absolute Gasteiger partial charge is 0.454 e. The van der Waals surface area contributed by atoms with Crippen molar-refractivity contribution in [1.29, 1.82) is 0 Å². The molecule has 0 unspecified atom stereocenters. The van der Waals surface area contributed by atoms with Gasteiger partial charge in [-0.1, -0.05) is 0 Å². The minimum absolute atomic E-state index is 0.0883. The second-order valence-corrected chi connectivity index (χ2v) is 3.22. The van der Waals surface area contributed by atoms with E-state index in [9.17, 15) is 19.2 Å². The second kappa shape index (κ2) is 4.70. The molecule has 2 aliphatic heterocycles. The van der Waals surface area contributed by atoms with Crippen molar-refractivity contribution in [2.24, 2.45) is 0 Å². The normalized spacial score (nSPS) is 17.6. The number of carbonyl (C=O) groups is 4. The highest BCUT2D eigenvalue weighted by Gasteiger charge is 2.26. The molecule has 18 heavy (non-hydrogen) atoms. The van der Waals surface area contributed by atoms with Crippen LogP contribution in [0.15, 0.2) is 23.7 Å². The molecule has 2 heterocycles. The van der Waals surface area contributed by atoms with E-state index < -0.39 is 23.9 Å². The third-order valence-corrected chi connectivity index (χ3v) is 1.89. The van der Waals surface area contributed by atoms with Gasteiger partial charge in [0, 0.05) is 0 Å². The van der Waals surface area contributed by atoms with Gasteiger partial charge in [0.05, 0.1) is 12.2 Å². The number of cyclic esters (lactones) is 2. The average Bonchev–Trinajstić information content (AvgIpc) is 2.88. The molecular formula is C10H6O8. The summed E-state index contributed by atoms with van der Waals surface area (Å²) in [6, 6.07) is 0. The molecule has 0 radical (unpaired) electrons. The van der Waals surface area contributed by atoms with Gasteiger partial charge >= 0.3 is 23.9 Å². The van der Waals surface area contributed by atoms with E-state index in [0.717, 1.165) is 12.2 Å². The van der Waals surface area contributed by atoms with Crippen molar-refractivity contribution >= 4 is 23.9 Å². The number of hydrogen-bond acceptors (Lipinski definition) is 8. The summed E-state index contributed by atoms with van der Waals surface area (Å²) in [4.78, 5) is 43.7. The topological polar surface area (TPSA) is 105 Å². The van der Waals surface area contributed by atoms with Gasteiger partial charge in [0.25, 0.3) is 0 Å². The monoisotopic (exact) mass is 254 g/mol. The predicted molar refractivity (Wildman–Crippen MR) is 50.3 cm³/mol. The molecule has 0 spiro atoms. The first-order valence-corrected chi connectivity index (χ1v) is 4.73. The van der Waals surface area contributed by atoms with E-state index in [2.05, 4.69) is 18.9 Å². The third kappa shape index (κ3) is 2.73. The van der Waals surface area contributed by atoms with Crippen molar-refractivity contribution in [3.63, 3.8) is 0 Å². The Bertz CT molecular complexity index is 452. The predicted octanol–water partition coefficient (Wildman–Crippen LogP) is -1.05. The Morgan fingerprint density at radius 1 is 0.889 bits per heavy atom. The van der Waals surface area contributed by atoms with Gasteiger partial charge in [0.1, 0.15) is 13.2 Å². The molecule has 0 aromatic carbocycles. The van der Waals surface area contributed by atoms with E-state index in [1.165, 1.54) is 0 Å². The zero-order valence-corrected chi connectivity index (χ0v) is 8.83. The van der Waals surface area contributed by atoms with E-state index in [1.54, 1.807) is 0 Å². The van der Waals surface area contributed by atoms with Crippen LogP contribution in [0.25, 0.3) is 0 Å². The van der Waals surface area contributed by atoms with Gasteiger partial charge in [-0.25, -0.2) is 19.2 Å². The second-order valence-electron chi connectivity index (χ2n) is 3.22. The van der Waals surface area contributed by atoms with Gasteiger partial charge in [-0.2, -0.15) is 0 Å². The van der Waals surface area contributed by atoms with Crippen LogP contribution in [0.1, 0.15) is 0 Å². The van der Waals surface area contributed by atoms with E-state index in [0.29, 0.717) is 0 Å². The lowest BCUT2D eigenvalue weighted by Gasteiger charge is -2.03. The molecule has 0 aliphatic carbocycles. The maximum Gasteiger partial charge on any atom is 0.423 e. The van der Waals surface area contributed by atoms with Crippen molar-refractivity contribution in [3.8, 4) is 0 Å². The standard InChI is InChI=1S/C10H6O8/c11-7-1-5(3-15-7)17-9(13)10(14)18-6-2-8(12)16-4-6/h1-2H,3-4H2. The first-order chi connectivity index (χ1) is 8.54. The van der Waals surface area contributed by atoms with E-state index in [1.807, 2.05) is 0 Å². The molecule has 0 aromatic heterocycles. The zero-order valence-electron chi connectivity index (χ0n) is 8.83. The fourth-order valence-electron chi connectivity index (χ4n) is 1.15. The fourth-order valence-corrected chi connectivity index (χ4v) is 1.15. The molecule has 2 rings (SSSR count). The number of esters is 4. The highest BCUT2D eigenvalue weighted by Crippen LogP contribution is 2.11. The quantitative estimate of drug-likeness (QED) is 0.349. The Morgan fingerprint density at radius 2 is 1.28 bits per heavy atom. The van der Waals surface area contributed by atoms with Crippen molar-refractivity contribution < 1.29 is 38.1 Å². The number of rotatable bonds is 2. The fraction of sp³-hybridized carbons (Fsp3) is 0.200. The summed E-state index contributed by atoms with van der Waals surface area (Å²) in [6.07, 6.45) is 1.87. The first kappa shape index (κ1) is 11.8. The van der Waals surface area contributed by atoms with Gasteiger partial charge in [-0.15, -0.1) is 0 Å². The third-order valence-electron chi connectivity index (χ3n) is 1.89. The van der Waals surface area contributed by atoms with Crippen LogP contribution in [-0.2, 0) is 38.1 Å². The van der Waals surface area contributed by atoms with E-state index in [-0.39, 0.29) is 24.7 Å². The lowest BCUT2D eigenvalue weighted by Crippen LogP contribution is -2.20. The Hall–Kier alpha value is -2.64. The van der Waals surface area contributed by atoms with Gasteiger partial charge < -0.3 is 18.9 Å². The summed E-state index contributed by atoms with van der Waals surface area (Å²) in [7, 11) is 0. The minimum Gasteiger partial charge on any atom is -0.454 e. The number of hydrogen-bond donors (Lipinski definition) is 0. The molecule has 0 N–H and O–H groups in total. The molecule has 0 aromatic rings. The molecule has 8 heteroatoms. The molecule has 0 atom stereocenters. The number of carbonyl (C=O) groups excluding carboxylic acids is 4. The molecule has 0 saturated carbocycles. The van der Waals surface area contributed by atoms with Crippen LogP contribution in [0.3, 0.4) is 0 Å². The van der Waals surface area contributed by atoms with Crippen LogP contribution in [-0.4, -0.2) is 37.1 Å². The maximum absolute atomic E-state index is 11.2. The molecule has 0 saturated heterocycles. The minimum atomic E-state index is -1.32. The van der Waals surface area contributed by atoms with E-state index in [4.69, 9.17) is 0 Å². The van der Waals surface area contributed by atoms with Crippen molar-refractivity contribution in [2.45, 2.75) is 0 Å². The van der Waals surface area contributed by atoms with Crippen LogP contribution in [0, 0.1) is 0 Å². The van der Waals surface area contributed by atoms with Gasteiger partial charge in [-0.05, 0) is 0 Å². The van der Waals surface area contributed by atoms with Crippen LogP contribution >= 0.6 is 0 Å². The number of ether oxygens (including phenoxy) is 4. The lowest BCUT2D eigenvalue weighted by atomic mass is 10.5. The van der Waals surface area contributed by atoms with Crippen molar-refractivity contribution in [3.05, 3.63) is 23.7 Å². The Labute approximate surface area is 99.7 Å². The van der Waals surface area contributed by atoms with Crippen LogP contribution < -0.4 is 0 Å². The molecule has 0 bridgehead atoms. The van der Waals surface area contributed by atoms with Crippen molar-refractivity contribution in [1.82, 2.24) is 0 Å². The summed E-state index contributed by atoms with van der Waals surface area (Å²) in [5.41, 5.74) is 0. The van der Waals surface area contributed by atoms with Gasteiger partial charge in [-0.3, -0.25) is 0 Å². The summed E-state index contributed by atoms with van der Waals surface area (Å²) < 4.78 is 18.0. The Morgan fingerprint density at radius 3 is 1.56 bits per heavy atom. The first-order valence-electron chi connectivity index (χ1n) is 4.73. The summed E-state index contributed by atoms with van der Waals surface area (Å²) >= 11 is 0. The highest BCUT2D eigenvalue weighted by molar-refractivity contribution is 6.30. The lowest BCUT2D eigenvalue weighted by molar-refractivity contribution is -0.163. The van der Waals surface area contributed by atoms with Gasteiger partial charge in [0.2, 0.25) is 0 Å². The van der Waals surface area contributed by atoms with Crippen LogP contribution in [0.4, 0.5) is 0 Å². The average molecular weight is 254 g/mol. The molecule has 94 valence electrons.